The number of methoxy groups -OCH3 is 1. The van der Waals surface area contributed by atoms with Crippen molar-refractivity contribution >= 4 is 17.7 Å². The Morgan fingerprint density at radius 1 is 1.26 bits per heavy atom. The molecule has 0 bridgehead atoms. The number of nitrogens with two attached hydrogens (primary N) is 1. The summed E-state index contributed by atoms with van der Waals surface area (Å²) < 4.78 is 46.0. The monoisotopic (exact) mass is 430 g/mol. The fraction of sp³-hybridized carbons (Fsp3) is 0.250. The maximum Gasteiger partial charge on any atom is 0.433 e. The molecule has 1 fully saturated rings. The van der Waals surface area contributed by atoms with Crippen molar-refractivity contribution in [2.45, 2.75) is 24.9 Å². The summed E-state index contributed by atoms with van der Waals surface area (Å²) in [5, 5.41) is 4.19. The Morgan fingerprint density at radius 3 is 2.61 bits per heavy atom. The minimum atomic E-state index is -4.58. The van der Waals surface area contributed by atoms with E-state index < -0.39 is 17.8 Å². The summed E-state index contributed by atoms with van der Waals surface area (Å²) in [7, 11) is 1.46. The molecule has 3 aromatic heterocycles. The van der Waals surface area contributed by atoms with Crippen LogP contribution < -0.4 is 10.5 Å². The minimum absolute atomic E-state index is 0.0204. The number of amides is 1. The largest absolute Gasteiger partial charge is 0.481 e. The van der Waals surface area contributed by atoms with E-state index in [1.165, 1.54) is 30.5 Å². The molecular weight excluding hydrogens is 413 g/mol. The van der Waals surface area contributed by atoms with Gasteiger partial charge in [0.25, 0.3) is 5.91 Å². The van der Waals surface area contributed by atoms with Crippen molar-refractivity contribution in [2.75, 3.05) is 7.11 Å². The fourth-order valence-corrected chi connectivity index (χ4v) is 2.96. The molecule has 1 aliphatic rings. The fourth-order valence-electron chi connectivity index (χ4n) is 2.96. The minimum Gasteiger partial charge on any atom is -0.481 e. The van der Waals surface area contributed by atoms with E-state index in [0.717, 1.165) is 18.9 Å². The van der Waals surface area contributed by atoms with Gasteiger partial charge in [-0.15, -0.1) is 5.10 Å². The number of halogens is 3. The van der Waals surface area contributed by atoms with Gasteiger partial charge in [-0.2, -0.15) is 13.2 Å². The van der Waals surface area contributed by atoms with E-state index in [9.17, 15) is 18.0 Å². The van der Waals surface area contributed by atoms with Gasteiger partial charge in [0.05, 0.1) is 12.7 Å². The molecule has 1 saturated carbocycles. The van der Waals surface area contributed by atoms with Gasteiger partial charge < -0.3 is 10.5 Å². The third-order valence-electron chi connectivity index (χ3n) is 4.68. The zero-order valence-corrected chi connectivity index (χ0v) is 16.3. The van der Waals surface area contributed by atoms with Crippen LogP contribution in [0.4, 0.5) is 13.2 Å². The van der Waals surface area contributed by atoms with Gasteiger partial charge in [-0.1, -0.05) is 0 Å². The quantitative estimate of drug-likeness (QED) is 0.602. The molecule has 11 heteroatoms. The predicted octanol–water partition coefficient (Wildman–Crippen LogP) is 3.12. The van der Waals surface area contributed by atoms with Gasteiger partial charge in [0.2, 0.25) is 5.88 Å². The summed E-state index contributed by atoms with van der Waals surface area (Å²) >= 11 is 0. The zero-order valence-electron chi connectivity index (χ0n) is 16.3. The molecule has 0 radical (unpaired) electrons. The Kier molecular flexibility index (Phi) is 5.17. The van der Waals surface area contributed by atoms with Gasteiger partial charge in [0.1, 0.15) is 12.0 Å². The highest BCUT2D eigenvalue weighted by atomic mass is 19.4. The number of alkyl halides is 3. The van der Waals surface area contributed by atoms with E-state index in [-0.39, 0.29) is 22.9 Å². The lowest BCUT2D eigenvalue weighted by Gasteiger charge is -2.09. The second-order valence-corrected chi connectivity index (χ2v) is 6.98. The average molecular weight is 430 g/mol. The van der Waals surface area contributed by atoms with Gasteiger partial charge in [-0.05, 0) is 31.0 Å². The molecule has 1 amide bonds. The molecule has 0 saturated heterocycles. The zero-order chi connectivity index (χ0) is 22.2. The van der Waals surface area contributed by atoms with E-state index in [4.69, 9.17) is 10.5 Å². The van der Waals surface area contributed by atoms with Crippen LogP contribution in [0.5, 0.6) is 5.88 Å². The molecule has 3 heterocycles. The highest BCUT2D eigenvalue weighted by molar-refractivity contribution is 6.22. The van der Waals surface area contributed by atoms with Crippen LogP contribution >= 0.6 is 0 Å². The van der Waals surface area contributed by atoms with Crippen molar-refractivity contribution in [2.24, 2.45) is 5.73 Å². The normalized spacial score (nSPS) is 14.5. The van der Waals surface area contributed by atoms with E-state index in [0.29, 0.717) is 17.1 Å². The smallest absolute Gasteiger partial charge is 0.433 e. The highest BCUT2D eigenvalue weighted by Crippen LogP contribution is 2.41. The van der Waals surface area contributed by atoms with Gasteiger partial charge >= 0.3 is 6.18 Å². The number of ether oxygens (including phenoxy) is 1. The third kappa shape index (κ3) is 4.55. The van der Waals surface area contributed by atoms with Crippen LogP contribution in [0.2, 0.25) is 0 Å². The molecule has 4 rings (SSSR count). The molecule has 0 spiro atoms. The molecule has 0 aliphatic heterocycles. The lowest BCUT2D eigenvalue weighted by atomic mass is 10.1. The van der Waals surface area contributed by atoms with Gasteiger partial charge in [0, 0.05) is 41.2 Å². The number of aromatic nitrogens is 5. The first-order valence-corrected chi connectivity index (χ1v) is 9.27. The lowest BCUT2D eigenvalue weighted by Crippen LogP contribution is -2.14. The predicted molar refractivity (Wildman–Crippen MR) is 104 cm³/mol. The lowest BCUT2D eigenvalue weighted by molar-refractivity contribution is -0.141. The number of primary amides is 1. The topological polar surface area (TPSA) is 109 Å². The second kappa shape index (κ2) is 7.82. The Hall–Kier alpha value is -3.76. The first-order valence-electron chi connectivity index (χ1n) is 9.27. The van der Waals surface area contributed by atoms with Crippen molar-refractivity contribution in [3.05, 3.63) is 53.7 Å². The molecule has 2 N–H and O–H groups in total. The highest BCUT2D eigenvalue weighted by Gasteiger charge is 2.35. The van der Waals surface area contributed by atoms with Gasteiger partial charge in [0.15, 0.2) is 5.82 Å². The molecule has 3 aromatic rings. The van der Waals surface area contributed by atoms with Gasteiger partial charge in [-0.3, -0.25) is 4.79 Å². The van der Waals surface area contributed by atoms with Crippen molar-refractivity contribution in [3.8, 4) is 17.3 Å². The molecule has 0 atom stereocenters. The molecule has 0 unspecified atom stereocenters. The van der Waals surface area contributed by atoms with Crippen LogP contribution in [0.25, 0.3) is 23.2 Å². The number of rotatable bonds is 6. The van der Waals surface area contributed by atoms with Crippen LogP contribution in [-0.2, 0) is 11.0 Å². The Morgan fingerprint density at radius 2 is 2.03 bits per heavy atom. The molecular formula is C20H17F3N6O2. The summed E-state index contributed by atoms with van der Waals surface area (Å²) in [6.07, 6.45) is 1.04. The van der Waals surface area contributed by atoms with Crippen molar-refractivity contribution in [3.63, 3.8) is 0 Å². The first-order chi connectivity index (χ1) is 14.7. The van der Waals surface area contributed by atoms with Gasteiger partial charge in [-0.25, -0.2) is 19.6 Å². The SMILES string of the molecule is COc1ccc(/C(=C\n2cnc(-c3cc(C4CC4)nc(C(F)(F)F)c3)n2)C(N)=O)cn1. The van der Waals surface area contributed by atoms with Crippen LogP contribution in [-0.4, -0.2) is 37.7 Å². The summed E-state index contributed by atoms with van der Waals surface area (Å²) in [6.45, 7) is 0. The van der Waals surface area contributed by atoms with Crippen LogP contribution in [0, 0.1) is 0 Å². The number of hydrogen-bond donors (Lipinski definition) is 1. The van der Waals surface area contributed by atoms with E-state index in [1.54, 1.807) is 18.2 Å². The molecule has 31 heavy (non-hydrogen) atoms. The molecule has 160 valence electrons. The Bertz CT molecular complexity index is 1150. The van der Waals surface area contributed by atoms with Crippen molar-refractivity contribution in [1.29, 1.82) is 0 Å². The van der Waals surface area contributed by atoms with E-state index in [2.05, 4.69) is 20.1 Å². The second-order valence-electron chi connectivity index (χ2n) is 6.98. The number of pyridine rings is 2. The Balaban J connectivity index is 1.70. The third-order valence-corrected chi connectivity index (χ3v) is 4.68. The van der Waals surface area contributed by atoms with Crippen molar-refractivity contribution in [1.82, 2.24) is 24.7 Å². The maximum atomic E-state index is 13.3. The number of nitrogens with zero attached hydrogens (tertiary/aromatic N) is 5. The summed E-state index contributed by atoms with van der Waals surface area (Å²) in [5.41, 5.74) is 5.57. The number of hydrogen-bond acceptors (Lipinski definition) is 6. The molecule has 1 aliphatic carbocycles. The molecule has 0 aromatic carbocycles. The van der Waals surface area contributed by atoms with E-state index in [1.807, 2.05) is 0 Å². The van der Waals surface area contributed by atoms with Crippen LogP contribution in [0.15, 0.2) is 36.8 Å². The average Bonchev–Trinajstić information content (AvgIpc) is 3.49. The summed E-state index contributed by atoms with van der Waals surface area (Å²) in [4.78, 5) is 23.8. The first kappa shape index (κ1) is 20.5. The Labute approximate surface area is 174 Å². The summed E-state index contributed by atoms with van der Waals surface area (Å²) in [6, 6.07) is 5.64. The van der Waals surface area contributed by atoms with Crippen molar-refractivity contribution < 1.29 is 22.7 Å². The van der Waals surface area contributed by atoms with Crippen LogP contribution in [0.3, 0.4) is 0 Å². The number of carbonyl (C=O) groups is 1. The maximum absolute atomic E-state index is 13.3. The molecule has 8 nitrogen and oxygen atoms in total. The summed E-state index contributed by atoms with van der Waals surface area (Å²) in [5.74, 6) is -0.279. The van der Waals surface area contributed by atoms with E-state index >= 15 is 0 Å². The standard InChI is InChI=1S/C20H17F3N6O2/c1-31-17-5-4-12(8-25-17)14(18(24)30)9-29-10-26-19(28-29)13-6-15(11-2-3-11)27-16(7-13)20(21,22)23/h4-11H,2-3H2,1H3,(H2,24,30)/b14-9+. The number of carbonyl (C=O) groups excluding carboxylic acids is 1. The van der Waals surface area contributed by atoms with Crippen LogP contribution in [0.1, 0.15) is 35.7 Å².